The van der Waals surface area contributed by atoms with Gasteiger partial charge in [-0.2, -0.15) is 0 Å². The second-order valence-electron chi connectivity index (χ2n) is 7.97. The minimum atomic E-state index is -0.667. The highest BCUT2D eigenvalue weighted by Crippen LogP contribution is 2.22. The Kier molecular flexibility index (Phi) is 8.66. The maximum Gasteiger partial charge on any atom is 0.261 e. The topological polar surface area (TPSA) is 58.6 Å². The predicted octanol–water partition coefficient (Wildman–Crippen LogP) is 4.83. The van der Waals surface area contributed by atoms with Gasteiger partial charge in [0.15, 0.2) is 6.61 Å². The van der Waals surface area contributed by atoms with E-state index in [-0.39, 0.29) is 18.4 Å². The van der Waals surface area contributed by atoms with Gasteiger partial charge in [0.05, 0.1) is 0 Å². The number of carbonyl (C=O) groups is 2. The molecule has 2 amide bonds. The number of amides is 2. The van der Waals surface area contributed by atoms with Crippen LogP contribution in [0.3, 0.4) is 0 Å². The minimum Gasteiger partial charge on any atom is -0.484 e. The van der Waals surface area contributed by atoms with Gasteiger partial charge in [0.25, 0.3) is 5.91 Å². The fourth-order valence-corrected chi connectivity index (χ4v) is 3.87. The summed E-state index contributed by atoms with van der Waals surface area (Å²) < 4.78 is 6.80. The van der Waals surface area contributed by atoms with Crippen LogP contribution in [0.15, 0.2) is 77.3 Å². The summed E-state index contributed by atoms with van der Waals surface area (Å²) in [6.45, 7) is 4.13. The lowest BCUT2D eigenvalue weighted by atomic mass is 10.0. The van der Waals surface area contributed by atoms with Gasteiger partial charge < -0.3 is 15.0 Å². The van der Waals surface area contributed by atoms with Crippen molar-refractivity contribution in [1.29, 1.82) is 0 Å². The maximum atomic E-state index is 13.4. The highest BCUT2D eigenvalue weighted by molar-refractivity contribution is 9.10. The average Bonchev–Trinajstić information content (AvgIpc) is 2.83. The standard InChI is InChI=1S/C27H29BrN2O3/c1-19-9-7-8-12-22(19)17-30(25(27(32)29-3)16-21-10-5-4-6-11-21)26(31)18-33-23-13-14-24(28)20(2)15-23/h4-15,25H,16-18H2,1-3H3,(H,29,32)/t25-/m0/s1. The van der Waals surface area contributed by atoms with E-state index in [0.717, 1.165) is 26.7 Å². The SMILES string of the molecule is CNC(=O)[C@H](Cc1ccccc1)N(Cc1ccccc1C)C(=O)COc1ccc(Br)c(C)c1. The molecule has 6 heteroatoms. The normalized spacial score (nSPS) is 11.5. The summed E-state index contributed by atoms with van der Waals surface area (Å²) in [5.41, 5.74) is 4.06. The fourth-order valence-electron chi connectivity index (χ4n) is 3.63. The van der Waals surface area contributed by atoms with Crippen LogP contribution in [0.2, 0.25) is 0 Å². The maximum absolute atomic E-state index is 13.4. The van der Waals surface area contributed by atoms with Crippen LogP contribution in [-0.4, -0.2) is 36.4 Å². The lowest BCUT2D eigenvalue weighted by Crippen LogP contribution is -2.51. The monoisotopic (exact) mass is 508 g/mol. The molecule has 5 nitrogen and oxygen atoms in total. The molecule has 0 aromatic heterocycles. The van der Waals surface area contributed by atoms with Gasteiger partial charge in [0.2, 0.25) is 5.91 Å². The number of ether oxygens (including phenoxy) is 1. The number of nitrogens with one attached hydrogen (secondary N) is 1. The second-order valence-corrected chi connectivity index (χ2v) is 8.82. The smallest absolute Gasteiger partial charge is 0.261 e. The summed E-state index contributed by atoms with van der Waals surface area (Å²) in [4.78, 5) is 28.0. The Morgan fingerprint density at radius 3 is 2.33 bits per heavy atom. The van der Waals surface area contributed by atoms with Gasteiger partial charge >= 0.3 is 0 Å². The zero-order valence-corrected chi connectivity index (χ0v) is 20.8. The van der Waals surface area contributed by atoms with Crippen LogP contribution in [0.25, 0.3) is 0 Å². The molecule has 0 bridgehead atoms. The van der Waals surface area contributed by atoms with E-state index in [2.05, 4.69) is 21.2 Å². The van der Waals surface area contributed by atoms with Crippen LogP contribution in [0.5, 0.6) is 5.75 Å². The van der Waals surface area contributed by atoms with Crippen LogP contribution in [0.1, 0.15) is 22.3 Å². The number of likely N-dealkylation sites (N-methyl/N-ethyl adjacent to an activating group) is 1. The Hall–Kier alpha value is -3.12. The Labute approximate surface area is 203 Å². The van der Waals surface area contributed by atoms with Crippen molar-refractivity contribution >= 4 is 27.7 Å². The first-order valence-electron chi connectivity index (χ1n) is 10.9. The van der Waals surface area contributed by atoms with Crippen molar-refractivity contribution < 1.29 is 14.3 Å². The predicted molar refractivity (Wildman–Crippen MR) is 134 cm³/mol. The van der Waals surface area contributed by atoms with E-state index in [1.165, 1.54) is 0 Å². The number of aryl methyl sites for hydroxylation is 2. The largest absolute Gasteiger partial charge is 0.484 e. The Balaban J connectivity index is 1.88. The van der Waals surface area contributed by atoms with Crippen molar-refractivity contribution in [2.24, 2.45) is 0 Å². The first kappa shape index (κ1) is 24.5. The quantitative estimate of drug-likeness (QED) is 0.450. The van der Waals surface area contributed by atoms with Gasteiger partial charge in [0, 0.05) is 24.5 Å². The number of rotatable bonds is 9. The molecule has 33 heavy (non-hydrogen) atoms. The lowest BCUT2D eigenvalue weighted by Gasteiger charge is -2.31. The van der Waals surface area contributed by atoms with Gasteiger partial charge in [-0.1, -0.05) is 70.5 Å². The summed E-state index contributed by atoms with van der Waals surface area (Å²) in [7, 11) is 1.60. The van der Waals surface area contributed by atoms with Crippen LogP contribution < -0.4 is 10.1 Å². The number of halogens is 1. The fraction of sp³-hybridized carbons (Fsp3) is 0.259. The molecule has 0 heterocycles. The van der Waals surface area contributed by atoms with Crippen LogP contribution >= 0.6 is 15.9 Å². The third-order valence-electron chi connectivity index (χ3n) is 5.61. The molecule has 0 saturated carbocycles. The van der Waals surface area contributed by atoms with Crippen molar-refractivity contribution in [1.82, 2.24) is 10.2 Å². The van der Waals surface area contributed by atoms with Crippen molar-refractivity contribution in [3.63, 3.8) is 0 Å². The Morgan fingerprint density at radius 1 is 0.970 bits per heavy atom. The molecule has 0 aliphatic heterocycles. The van der Waals surface area contributed by atoms with Crippen LogP contribution in [0.4, 0.5) is 0 Å². The molecule has 0 aliphatic carbocycles. The molecule has 3 aromatic rings. The van der Waals surface area contributed by atoms with E-state index in [9.17, 15) is 9.59 Å². The Morgan fingerprint density at radius 2 is 1.67 bits per heavy atom. The number of nitrogens with zero attached hydrogens (tertiary/aromatic N) is 1. The van der Waals surface area contributed by atoms with Gasteiger partial charge in [0.1, 0.15) is 11.8 Å². The average molecular weight is 509 g/mol. The van der Waals surface area contributed by atoms with Gasteiger partial charge in [-0.15, -0.1) is 0 Å². The summed E-state index contributed by atoms with van der Waals surface area (Å²) >= 11 is 3.48. The van der Waals surface area contributed by atoms with E-state index < -0.39 is 6.04 Å². The van der Waals surface area contributed by atoms with Crippen molar-refractivity contribution in [2.75, 3.05) is 13.7 Å². The molecular weight excluding hydrogens is 480 g/mol. The van der Waals surface area contributed by atoms with Gasteiger partial charge in [-0.25, -0.2) is 0 Å². The van der Waals surface area contributed by atoms with E-state index in [1.807, 2.05) is 86.6 Å². The molecule has 172 valence electrons. The summed E-state index contributed by atoms with van der Waals surface area (Å²) in [5.74, 6) is 0.156. The third kappa shape index (κ3) is 6.68. The molecule has 3 rings (SSSR count). The molecule has 0 fully saturated rings. The summed E-state index contributed by atoms with van der Waals surface area (Å²) in [6, 6.07) is 22.5. The zero-order valence-electron chi connectivity index (χ0n) is 19.2. The van der Waals surface area contributed by atoms with Crippen molar-refractivity contribution in [2.45, 2.75) is 32.9 Å². The number of hydrogen-bond acceptors (Lipinski definition) is 3. The van der Waals surface area contributed by atoms with E-state index in [4.69, 9.17) is 4.74 Å². The van der Waals surface area contributed by atoms with E-state index in [0.29, 0.717) is 18.7 Å². The molecule has 0 spiro atoms. The Bertz CT molecular complexity index is 1100. The second kappa shape index (κ2) is 11.7. The molecule has 0 radical (unpaired) electrons. The molecule has 0 aliphatic rings. The highest BCUT2D eigenvalue weighted by Gasteiger charge is 2.30. The molecule has 0 unspecified atom stereocenters. The van der Waals surface area contributed by atoms with Crippen molar-refractivity contribution in [3.05, 3.63) is 99.5 Å². The molecular formula is C27H29BrN2O3. The van der Waals surface area contributed by atoms with E-state index in [1.54, 1.807) is 11.9 Å². The number of carbonyl (C=O) groups excluding carboxylic acids is 2. The number of benzene rings is 3. The van der Waals surface area contributed by atoms with Gasteiger partial charge in [-0.3, -0.25) is 9.59 Å². The lowest BCUT2D eigenvalue weighted by molar-refractivity contribution is -0.142. The highest BCUT2D eigenvalue weighted by atomic mass is 79.9. The van der Waals surface area contributed by atoms with E-state index >= 15 is 0 Å². The van der Waals surface area contributed by atoms with Crippen LogP contribution in [0, 0.1) is 13.8 Å². The molecule has 3 aromatic carbocycles. The summed E-state index contributed by atoms with van der Waals surface area (Å²) in [6.07, 6.45) is 0.412. The third-order valence-corrected chi connectivity index (χ3v) is 6.50. The first-order valence-corrected chi connectivity index (χ1v) is 11.7. The first-order chi connectivity index (χ1) is 15.9. The molecule has 1 N–H and O–H groups in total. The summed E-state index contributed by atoms with van der Waals surface area (Å²) in [5, 5.41) is 2.73. The number of hydrogen-bond donors (Lipinski definition) is 1. The van der Waals surface area contributed by atoms with Gasteiger partial charge in [-0.05, 0) is 54.3 Å². The molecule has 0 saturated heterocycles. The molecule has 1 atom stereocenters. The van der Waals surface area contributed by atoms with Crippen molar-refractivity contribution in [3.8, 4) is 5.75 Å². The minimum absolute atomic E-state index is 0.158. The van der Waals surface area contributed by atoms with Crippen LogP contribution in [-0.2, 0) is 22.6 Å². The zero-order chi connectivity index (χ0) is 23.8.